The van der Waals surface area contributed by atoms with Gasteiger partial charge in [0.1, 0.15) is 17.6 Å². The minimum Gasteiger partial charge on any atom is -0.484 e. The monoisotopic (exact) mass is 454 g/mol. The molecular formula is C22H25Cl2FN2O3. The van der Waals surface area contributed by atoms with Crippen molar-refractivity contribution >= 4 is 35.0 Å². The lowest BCUT2D eigenvalue weighted by atomic mass is 10.1. The molecule has 2 aromatic carbocycles. The van der Waals surface area contributed by atoms with Crippen molar-refractivity contribution in [2.75, 3.05) is 13.2 Å². The molecule has 30 heavy (non-hydrogen) atoms. The molecular weight excluding hydrogens is 430 g/mol. The maximum atomic E-state index is 13.1. The molecule has 0 saturated heterocycles. The molecule has 162 valence electrons. The third-order valence-electron chi connectivity index (χ3n) is 4.50. The second-order valence-electron chi connectivity index (χ2n) is 6.68. The Bertz CT molecular complexity index is 842. The van der Waals surface area contributed by atoms with Crippen LogP contribution in [0.3, 0.4) is 0 Å². The number of carbonyl (C=O) groups is 2. The van der Waals surface area contributed by atoms with Crippen LogP contribution in [0.15, 0.2) is 42.5 Å². The largest absolute Gasteiger partial charge is 0.484 e. The van der Waals surface area contributed by atoms with Gasteiger partial charge in [-0.3, -0.25) is 9.59 Å². The molecule has 0 aliphatic carbocycles. The summed E-state index contributed by atoms with van der Waals surface area (Å²) in [5.41, 5.74) is 0.553. The minimum atomic E-state index is -0.715. The van der Waals surface area contributed by atoms with Gasteiger partial charge in [-0.25, -0.2) is 4.39 Å². The summed E-state index contributed by atoms with van der Waals surface area (Å²) in [6, 6.07) is 9.71. The molecule has 0 aliphatic rings. The van der Waals surface area contributed by atoms with E-state index in [2.05, 4.69) is 5.32 Å². The second-order valence-corrected chi connectivity index (χ2v) is 7.49. The van der Waals surface area contributed by atoms with Crippen molar-refractivity contribution in [3.63, 3.8) is 0 Å². The second kappa shape index (κ2) is 11.8. The number of nitrogens with zero attached hydrogens (tertiary/aromatic N) is 1. The molecule has 0 aromatic heterocycles. The van der Waals surface area contributed by atoms with E-state index in [0.717, 1.165) is 6.42 Å². The molecule has 0 saturated carbocycles. The molecule has 2 rings (SSSR count). The average Bonchev–Trinajstić information content (AvgIpc) is 2.73. The van der Waals surface area contributed by atoms with Crippen LogP contribution >= 0.6 is 23.2 Å². The van der Waals surface area contributed by atoms with E-state index in [0.29, 0.717) is 34.3 Å². The van der Waals surface area contributed by atoms with Crippen molar-refractivity contribution in [2.45, 2.75) is 39.3 Å². The van der Waals surface area contributed by atoms with Gasteiger partial charge in [0.15, 0.2) is 6.61 Å². The van der Waals surface area contributed by atoms with Crippen LogP contribution in [-0.2, 0) is 16.1 Å². The Morgan fingerprint density at radius 3 is 2.30 bits per heavy atom. The van der Waals surface area contributed by atoms with Gasteiger partial charge in [-0.05, 0) is 49.2 Å². The molecule has 8 heteroatoms. The Balaban J connectivity index is 2.25. The Morgan fingerprint density at radius 2 is 1.73 bits per heavy atom. The van der Waals surface area contributed by atoms with Crippen molar-refractivity contribution in [3.8, 4) is 5.75 Å². The standard InChI is InChI=1S/C22H25Cl2FN2O3/c1-3-12-26-22(29)20(4-2)27(13-17-18(23)6-5-7-19(17)24)21(28)14-30-16-10-8-15(25)9-11-16/h5-11,20H,3-4,12-14H2,1-2H3,(H,26,29). The number of ether oxygens (including phenoxy) is 1. The molecule has 2 aromatic rings. The van der Waals surface area contributed by atoms with Gasteiger partial charge in [0, 0.05) is 28.7 Å². The fraction of sp³-hybridized carbons (Fsp3) is 0.364. The van der Waals surface area contributed by atoms with E-state index in [1.807, 2.05) is 13.8 Å². The van der Waals surface area contributed by atoms with Crippen LogP contribution in [0.1, 0.15) is 32.3 Å². The zero-order chi connectivity index (χ0) is 22.1. The van der Waals surface area contributed by atoms with Crippen molar-refractivity contribution in [2.24, 2.45) is 0 Å². The molecule has 5 nitrogen and oxygen atoms in total. The van der Waals surface area contributed by atoms with Gasteiger partial charge >= 0.3 is 0 Å². The van der Waals surface area contributed by atoms with E-state index in [-0.39, 0.29) is 19.1 Å². The third kappa shape index (κ3) is 6.61. The summed E-state index contributed by atoms with van der Waals surface area (Å²) < 4.78 is 18.6. The van der Waals surface area contributed by atoms with Crippen LogP contribution in [0.25, 0.3) is 0 Å². The van der Waals surface area contributed by atoms with Gasteiger partial charge in [0.05, 0.1) is 0 Å². The molecule has 0 fully saturated rings. The third-order valence-corrected chi connectivity index (χ3v) is 5.21. The van der Waals surface area contributed by atoms with Gasteiger partial charge in [0.25, 0.3) is 5.91 Å². The van der Waals surface area contributed by atoms with Gasteiger partial charge < -0.3 is 15.0 Å². The zero-order valence-electron chi connectivity index (χ0n) is 17.0. The SMILES string of the molecule is CCCNC(=O)C(CC)N(Cc1c(Cl)cccc1Cl)C(=O)COc1ccc(F)cc1. The summed E-state index contributed by atoms with van der Waals surface area (Å²) in [6.45, 7) is 4.03. The van der Waals surface area contributed by atoms with Crippen LogP contribution in [-0.4, -0.2) is 35.9 Å². The number of halogens is 3. The maximum Gasteiger partial charge on any atom is 0.261 e. The molecule has 0 spiro atoms. The molecule has 1 atom stereocenters. The topological polar surface area (TPSA) is 58.6 Å². The van der Waals surface area contributed by atoms with Crippen molar-refractivity contribution in [1.82, 2.24) is 10.2 Å². The number of benzene rings is 2. The molecule has 0 aliphatic heterocycles. The van der Waals surface area contributed by atoms with E-state index in [1.54, 1.807) is 18.2 Å². The number of amides is 2. The van der Waals surface area contributed by atoms with Crippen LogP contribution < -0.4 is 10.1 Å². The first-order valence-corrected chi connectivity index (χ1v) is 10.5. The summed E-state index contributed by atoms with van der Waals surface area (Å²) >= 11 is 12.6. The number of rotatable bonds is 10. The highest BCUT2D eigenvalue weighted by Crippen LogP contribution is 2.27. The van der Waals surface area contributed by atoms with E-state index >= 15 is 0 Å². The van der Waals surface area contributed by atoms with Gasteiger partial charge in [-0.1, -0.05) is 43.1 Å². The summed E-state index contributed by atoms with van der Waals surface area (Å²) in [5.74, 6) is -0.710. The predicted molar refractivity (Wildman–Crippen MR) is 116 cm³/mol. The smallest absolute Gasteiger partial charge is 0.261 e. The van der Waals surface area contributed by atoms with E-state index < -0.39 is 17.8 Å². The molecule has 0 radical (unpaired) electrons. The predicted octanol–water partition coefficient (Wildman–Crippen LogP) is 4.84. The fourth-order valence-corrected chi connectivity index (χ4v) is 3.42. The van der Waals surface area contributed by atoms with Crippen molar-refractivity contribution in [1.29, 1.82) is 0 Å². The minimum absolute atomic E-state index is 0.0577. The normalized spacial score (nSPS) is 11.6. The molecule has 0 bridgehead atoms. The first-order valence-electron chi connectivity index (χ1n) is 9.75. The highest BCUT2D eigenvalue weighted by atomic mass is 35.5. The lowest BCUT2D eigenvalue weighted by Gasteiger charge is -2.31. The van der Waals surface area contributed by atoms with Gasteiger partial charge in [-0.15, -0.1) is 0 Å². The Kier molecular flexibility index (Phi) is 9.40. The summed E-state index contributed by atoms with van der Waals surface area (Å²) in [6.07, 6.45) is 1.18. The quantitative estimate of drug-likeness (QED) is 0.558. The van der Waals surface area contributed by atoms with Crippen LogP contribution in [0.4, 0.5) is 4.39 Å². The number of carbonyl (C=O) groups excluding carboxylic acids is 2. The van der Waals surface area contributed by atoms with E-state index in [1.165, 1.54) is 29.2 Å². The molecule has 0 heterocycles. The van der Waals surface area contributed by atoms with Gasteiger partial charge in [-0.2, -0.15) is 0 Å². The number of hydrogen-bond acceptors (Lipinski definition) is 3. The number of hydrogen-bond donors (Lipinski definition) is 1. The maximum absolute atomic E-state index is 13.1. The average molecular weight is 455 g/mol. The number of nitrogens with one attached hydrogen (secondary N) is 1. The first kappa shape index (κ1) is 24.0. The fourth-order valence-electron chi connectivity index (χ4n) is 2.90. The van der Waals surface area contributed by atoms with E-state index in [9.17, 15) is 14.0 Å². The highest BCUT2D eigenvalue weighted by Gasteiger charge is 2.29. The lowest BCUT2D eigenvalue weighted by Crippen LogP contribution is -2.50. The van der Waals surface area contributed by atoms with Crippen molar-refractivity contribution in [3.05, 3.63) is 63.9 Å². The van der Waals surface area contributed by atoms with Crippen LogP contribution in [0.2, 0.25) is 10.0 Å². The molecule has 1 N–H and O–H groups in total. The van der Waals surface area contributed by atoms with E-state index in [4.69, 9.17) is 27.9 Å². The Labute approximate surface area is 186 Å². The Morgan fingerprint density at radius 1 is 1.10 bits per heavy atom. The Hall–Kier alpha value is -2.31. The summed E-state index contributed by atoms with van der Waals surface area (Å²) in [7, 11) is 0. The lowest BCUT2D eigenvalue weighted by molar-refractivity contribution is -0.143. The summed E-state index contributed by atoms with van der Waals surface area (Å²) in [5, 5.41) is 3.64. The highest BCUT2D eigenvalue weighted by molar-refractivity contribution is 6.36. The van der Waals surface area contributed by atoms with Crippen LogP contribution in [0, 0.1) is 5.82 Å². The molecule has 1 unspecified atom stereocenters. The zero-order valence-corrected chi connectivity index (χ0v) is 18.5. The van der Waals surface area contributed by atoms with Crippen LogP contribution in [0.5, 0.6) is 5.75 Å². The first-order chi connectivity index (χ1) is 14.4. The van der Waals surface area contributed by atoms with Crippen molar-refractivity contribution < 1.29 is 18.7 Å². The summed E-state index contributed by atoms with van der Waals surface area (Å²) in [4.78, 5) is 27.2. The molecule has 2 amide bonds. The van der Waals surface area contributed by atoms with Gasteiger partial charge in [0.2, 0.25) is 5.91 Å².